The van der Waals surface area contributed by atoms with Crippen LogP contribution in [0.3, 0.4) is 0 Å². The van der Waals surface area contributed by atoms with Crippen molar-refractivity contribution in [3.05, 3.63) is 29.3 Å². The lowest BCUT2D eigenvalue weighted by atomic mass is 9.98. The van der Waals surface area contributed by atoms with Gasteiger partial charge in [-0.1, -0.05) is 32.0 Å². The van der Waals surface area contributed by atoms with Crippen LogP contribution in [0, 0.1) is 12.3 Å². The molecule has 0 heterocycles. The van der Waals surface area contributed by atoms with E-state index in [0.29, 0.717) is 5.92 Å². The standard InChI is InChI=1S/C13H20N4O/c1-8(2)10-7-5-6-9(3)11(10)16-13(18)17-12(14)15-4/h5-8H,1-4H3,(H4,14,15,16,17,18). The van der Waals surface area contributed by atoms with E-state index in [1.54, 1.807) is 7.05 Å². The molecule has 1 aromatic carbocycles. The average Bonchev–Trinajstić information content (AvgIpc) is 2.31. The minimum atomic E-state index is -0.412. The van der Waals surface area contributed by atoms with E-state index in [4.69, 9.17) is 5.41 Å². The monoisotopic (exact) mass is 248 g/mol. The van der Waals surface area contributed by atoms with Gasteiger partial charge in [-0.15, -0.1) is 0 Å². The normalized spacial score (nSPS) is 10.1. The van der Waals surface area contributed by atoms with Crippen molar-refractivity contribution in [3.63, 3.8) is 0 Å². The highest BCUT2D eigenvalue weighted by molar-refractivity contribution is 6.02. The Morgan fingerprint density at radius 3 is 2.56 bits per heavy atom. The average molecular weight is 248 g/mol. The van der Waals surface area contributed by atoms with E-state index in [9.17, 15) is 4.79 Å². The molecule has 0 radical (unpaired) electrons. The molecule has 2 amide bonds. The number of amides is 2. The van der Waals surface area contributed by atoms with Gasteiger partial charge < -0.3 is 10.6 Å². The summed E-state index contributed by atoms with van der Waals surface area (Å²) in [6.07, 6.45) is 0. The van der Waals surface area contributed by atoms with Gasteiger partial charge in [0.05, 0.1) is 0 Å². The van der Waals surface area contributed by atoms with Crippen molar-refractivity contribution in [1.29, 1.82) is 5.41 Å². The second kappa shape index (κ2) is 6.05. The fourth-order valence-corrected chi connectivity index (χ4v) is 1.66. The first-order valence-corrected chi connectivity index (χ1v) is 5.89. The molecule has 0 aliphatic rings. The smallest absolute Gasteiger partial charge is 0.326 e. The molecule has 0 atom stereocenters. The van der Waals surface area contributed by atoms with E-state index < -0.39 is 6.03 Å². The van der Waals surface area contributed by atoms with Crippen molar-refractivity contribution in [2.45, 2.75) is 26.7 Å². The number of urea groups is 1. The van der Waals surface area contributed by atoms with Crippen LogP contribution in [-0.4, -0.2) is 19.0 Å². The predicted octanol–water partition coefficient (Wildman–Crippen LogP) is 2.39. The van der Waals surface area contributed by atoms with Crippen LogP contribution in [0.5, 0.6) is 0 Å². The van der Waals surface area contributed by atoms with Gasteiger partial charge in [0.1, 0.15) is 0 Å². The first-order valence-electron chi connectivity index (χ1n) is 5.89. The molecule has 0 aliphatic heterocycles. The number of carbonyl (C=O) groups is 1. The third kappa shape index (κ3) is 3.48. The molecule has 0 bridgehead atoms. The Morgan fingerprint density at radius 1 is 1.33 bits per heavy atom. The Kier molecular flexibility index (Phi) is 4.71. The van der Waals surface area contributed by atoms with Crippen molar-refractivity contribution in [1.82, 2.24) is 10.6 Å². The Hall–Kier alpha value is -2.04. The molecule has 0 saturated heterocycles. The van der Waals surface area contributed by atoms with E-state index in [2.05, 4.69) is 29.8 Å². The highest BCUT2D eigenvalue weighted by Gasteiger charge is 2.12. The summed E-state index contributed by atoms with van der Waals surface area (Å²) in [5, 5.41) is 15.1. The summed E-state index contributed by atoms with van der Waals surface area (Å²) in [5.41, 5.74) is 2.90. The molecular formula is C13H20N4O. The minimum absolute atomic E-state index is 0.0350. The molecule has 18 heavy (non-hydrogen) atoms. The second-order valence-electron chi connectivity index (χ2n) is 4.40. The van der Waals surface area contributed by atoms with Gasteiger partial charge in [0.15, 0.2) is 5.96 Å². The van der Waals surface area contributed by atoms with Crippen molar-refractivity contribution in [2.24, 2.45) is 0 Å². The molecule has 1 aromatic rings. The molecule has 0 saturated carbocycles. The number of benzene rings is 1. The number of hydrogen-bond acceptors (Lipinski definition) is 2. The Labute approximate surface area is 107 Å². The molecule has 5 heteroatoms. The van der Waals surface area contributed by atoms with E-state index >= 15 is 0 Å². The molecular weight excluding hydrogens is 228 g/mol. The molecule has 0 aromatic heterocycles. The summed E-state index contributed by atoms with van der Waals surface area (Å²) in [6.45, 7) is 6.10. The number of hydrogen-bond donors (Lipinski definition) is 4. The number of anilines is 1. The maximum absolute atomic E-state index is 11.7. The molecule has 5 nitrogen and oxygen atoms in total. The zero-order chi connectivity index (χ0) is 13.7. The summed E-state index contributed by atoms with van der Waals surface area (Å²) in [5.74, 6) is 0.288. The number of guanidine groups is 1. The molecule has 4 N–H and O–H groups in total. The van der Waals surface area contributed by atoms with Gasteiger partial charge in [-0.25, -0.2) is 4.79 Å². The third-order valence-corrected chi connectivity index (χ3v) is 2.65. The van der Waals surface area contributed by atoms with E-state index in [-0.39, 0.29) is 5.96 Å². The van der Waals surface area contributed by atoms with E-state index in [1.807, 2.05) is 25.1 Å². The number of carbonyl (C=O) groups excluding carboxylic acids is 1. The summed E-state index contributed by atoms with van der Waals surface area (Å²) >= 11 is 0. The molecule has 1 rings (SSSR count). The first-order chi connectivity index (χ1) is 8.45. The highest BCUT2D eigenvalue weighted by atomic mass is 16.2. The Bertz CT molecular complexity index is 454. The molecule has 0 fully saturated rings. The van der Waals surface area contributed by atoms with Crippen molar-refractivity contribution in [2.75, 3.05) is 12.4 Å². The summed E-state index contributed by atoms with van der Waals surface area (Å²) in [6, 6.07) is 5.51. The largest absolute Gasteiger partial charge is 0.359 e. The summed E-state index contributed by atoms with van der Waals surface area (Å²) < 4.78 is 0. The highest BCUT2D eigenvalue weighted by Crippen LogP contribution is 2.27. The maximum atomic E-state index is 11.7. The van der Waals surface area contributed by atoms with Crippen LogP contribution in [0.1, 0.15) is 30.9 Å². The molecule has 0 spiro atoms. The fourth-order valence-electron chi connectivity index (χ4n) is 1.66. The van der Waals surface area contributed by atoms with Crippen LogP contribution in [0.15, 0.2) is 18.2 Å². The lowest BCUT2D eigenvalue weighted by Gasteiger charge is -2.16. The fraction of sp³-hybridized carbons (Fsp3) is 0.385. The van der Waals surface area contributed by atoms with Crippen molar-refractivity contribution < 1.29 is 4.79 Å². The number of para-hydroxylation sites is 1. The van der Waals surface area contributed by atoms with Gasteiger partial charge in [0.25, 0.3) is 0 Å². The van der Waals surface area contributed by atoms with Gasteiger partial charge in [0.2, 0.25) is 0 Å². The van der Waals surface area contributed by atoms with Crippen LogP contribution >= 0.6 is 0 Å². The SMILES string of the molecule is CNC(=N)NC(=O)Nc1c(C)cccc1C(C)C. The van der Waals surface area contributed by atoms with Crippen LogP contribution in [0.25, 0.3) is 0 Å². The first kappa shape index (κ1) is 14.0. The van der Waals surface area contributed by atoms with Crippen LogP contribution in [0.2, 0.25) is 0 Å². The van der Waals surface area contributed by atoms with Gasteiger partial charge >= 0.3 is 6.03 Å². The third-order valence-electron chi connectivity index (χ3n) is 2.65. The Balaban J connectivity index is 2.90. The quantitative estimate of drug-likeness (QED) is 0.479. The molecule has 98 valence electrons. The van der Waals surface area contributed by atoms with Crippen molar-refractivity contribution in [3.8, 4) is 0 Å². The van der Waals surface area contributed by atoms with Gasteiger partial charge in [-0.3, -0.25) is 10.7 Å². The van der Waals surface area contributed by atoms with Crippen molar-refractivity contribution >= 4 is 17.7 Å². The number of nitrogens with one attached hydrogen (secondary N) is 4. The minimum Gasteiger partial charge on any atom is -0.359 e. The lowest BCUT2D eigenvalue weighted by molar-refractivity contribution is 0.256. The number of rotatable bonds is 2. The van der Waals surface area contributed by atoms with Gasteiger partial charge in [-0.2, -0.15) is 0 Å². The predicted molar refractivity (Wildman–Crippen MR) is 74.2 cm³/mol. The lowest BCUT2D eigenvalue weighted by Crippen LogP contribution is -2.40. The summed E-state index contributed by atoms with van der Waals surface area (Å²) in [4.78, 5) is 11.7. The van der Waals surface area contributed by atoms with E-state index in [1.165, 1.54) is 0 Å². The zero-order valence-corrected chi connectivity index (χ0v) is 11.2. The maximum Gasteiger partial charge on any atom is 0.326 e. The number of aryl methyl sites for hydroxylation is 1. The van der Waals surface area contributed by atoms with Crippen LogP contribution in [-0.2, 0) is 0 Å². The van der Waals surface area contributed by atoms with Gasteiger partial charge in [0, 0.05) is 12.7 Å². The van der Waals surface area contributed by atoms with E-state index in [0.717, 1.165) is 16.8 Å². The summed E-state index contributed by atoms with van der Waals surface area (Å²) in [7, 11) is 1.58. The second-order valence-corrected chi connectivity index (χ2v) is 4.40. The van der Waals surface area contributed by atoms with Crippen LogP contribution in [0.4, 0.5) is 10.5 Å². The Morgan fingerprint density at radius 2 is 2.00 bits per heavy atom. The van der Waals surface area contributed by atoms with Crippen LogP contribution < -0.4 is 16.0 Å². The molecule has 0 aliphatic carbocycles. The molecule has 0 unspecified atom stereocenters. The van der Waals surface area contributed by atoms with Gasteiger partial charge in [-0.05, 0) is 24.0 Å². The topological polar surface area (TPSA) is 77.0 Å². The zero-order valence-electron chi connectivity index (χ0n) is 11.2.